The molecule has 0 amide bonds. The molecular weight excluding hydrogens is 376 g/mol. The average Bonchev–Trinajstić information content (AvgIpc) is 3.35. The highest BCUT2D eigenvalue weighted by atomic mass is 32.2. The maximum Gasteiger partial charge on any atom is 0.243 e. The van der Waals surface area contributed by atoms with E-state index in [0.29, 0.717) is 31.0 Å². The van der Waals surface area contributed by atoms with Crippen molar-refractivity contribution in [2.24, 2.45) is 0 Å². The molecule has 0 atom stereocenters. The molecule has 144 valence electrons. The van der Waals surface area contributed by atoms with E-state index in [4.69, 9.17) is 4.74 Å². The van der Waals surface area contributed by atoms with Gasteiger partial charge < -0.3 is 4.74 Å². The van der Waals surface area contributed by atoms with Crippen molar-refractivity contribution >= 4 is 21.2 Å². The SMILES string of the molecule is Cc1cc2ncnn2cc1C1=CCN(S(=O)(=O)c2ccc3c(c2)CCO3)CC1. The van der Waals surface area contributed by atoms with Crippen molar-refractivity contribution in [3.63, 3.8) is 0 Å². The molecule has 0 spiro atoms. The summed E-state index contributed by atoms with van der Waals surface area (Å²) in [6.07, 6.45) is 6.92. The molecule has 0 unspecified atom stereocenters. The largest absolute Gasteiger partial charge is 0.493 e. The third-order valence-electron chi connectivity index (χ3n) is 5.44. The first-order valence-electron chi connectivity index (χ1n) is 9.28. The second kappa shape index (κ2) is 6.42. The number of aryl methyl sites for hydroxylation is 1. The number of nitrogens with zero attached hydrogens (tertiary/aromatic N) is 4. The molecule has 0 saturated heterocycles. The van der Waals surface area contributed by atoms with E-state index in [1.165, 1.54) is 10.6 Å². The Labute approximate surface area is 163 Å². The van der Waals surface area contributed by atoms with Crippen molar-refractivity contribution in [3.8, 4) is 5.75 Å². The number of aromatic nitrogens is 3. The van der Waals surface area contributed by atoms with Crippen LogP contribution in [0.1, 0.15) is 23.1 Å². The average molecular weight is 396 g/mol. The zero-order chi connectivity index (χ0) is 19.3. The monoisotopic (exact) mass is 396 g/mol. The standard InChI is InChI=1S/C20H20N4O3S/c1-14-10-20-21-13-22-24(20)12-18(14)15-4-7-23(8-5-15)28(25,26)17-2-3-19-16(11-17)6-9-27-19/h2-4,10-13H,5-9H2,1H3. The van der Waals surface area contributed by atoms with E-state index in [1.807, 2.05) is 25.3 Å². The fourth-order valence-electron chi connectivity index (χ4n) is 3.88. The van der Waals surface area contributed by atoms with Gasteiger partial charge in [0.15, 0.2) is 5.65 Å². The Morgan fingerprint density at radius 1 is 1.18 bits per heavy atom. The van der Waals surface area contributed by atoms with E-state index in [-0.39, 0.29) is 0 Å². The quantitative estimate of drug-likeness (QED) is 0.680. The summed E-state index contributed by atoms with van der Waals surface area (Å²) in [5.74, 6) is 0.791. The van der Waals surface area contributed by atoms with Crippen LogP contribution in [0.2, 0.25) is 0 Å². The lowest BCUT2D eigenvalue weighted by molar-refractivity contribution is 0.356. The molecule has 8 heteroatoms. The minimum Gasteiger partial charge on any atom is -0.493 e. The predicted octanol–water partition coefficient (Wildman–Crippen LogP) is 2.45. The number of benzene rings is 1. The van der Waals surface area contributed by atoms with E-state index in [0.717, 1.165) is 40.1 Å². The number of sulfonamides is 1. The smallest absolute Gasteiger partial charge is 0.243 e. The van der Waals surface area contributed by atoms with Gasteiger partial charge in [-0.1, -0.05) is 6.08 Å². The van der Waals surface area contributed by atoms with Crippen LogP contribution in [0.25, 0.3) is 11.2 Å². The van der Waals surface area contributed by atoms with Gasteiger partial charge in [0.2, 0.25) is 10.0 Å². The van der Waals surface area contributed by atoms with Crippen LogP contribution in [0.3, 0.4) is 0 Å². The highest BCUT2D eigenvalue weighted by Gasteiger charge is 2.28. The third-order valence-corrected chi connectivity index (χ3v) is 7.30. The molecule has 7 nitrogen and oxygen atoms in total. The van der Waals surface area contributed by atoms with Crippen molar-refractivity contribution in [1.29, 1.82) is 0 Å². The number of rotatable bonds is 3. The van der Waals surface area contributed by atoms with Crippen LogP contribution in [-0.4, -0.2) is 47.0 Å². The van der Waals surface area contributed by atoms with E-state index in [9.17, 15) is 8.42 Å². The van der Waals surface area contributed by atoms with E-state index >= 15 is 0 Å². The van der Waals surface area contributed by atoms with Crippen molar-refractivity contribution < 1.29 is 13.2 Å². The van der Waals surface area contributed by atoms with Gasteiger partial charge in [0.1, 0.15) is 12.1 Å². The molecular formula is C20H20N4O3S. The molecule has 5 rings (SSSR count). The summed E-state index contributed by atoms with van der Waals surface area (Å²) in [4.78, 5) is 4.55. The molecule has 0 saturated carbocycles. The van der Waals surface area contributed by atoms with Crippen LogP contribution in [0.15, 0.2) is 47.8 Å². The van der Waals surface area contributed by atoms with Crippen LogP contribution < -0.4 is 4.74 Å². The second-order valence-corrected chi connectivity index (χ2v) is 9.08. The zero-order valence-electron chi connectivity index (χ0n) is 15.5. The predicted molar refractivity (Wildman–Crippen MR) is 105 cm³/mol. The molecule has 3 aromatic rings. The van der Waals surface area contributed by atoms with Gasteiger partial charge in [0.05, 0.1) is 11.5 Å². The van der Waals surface area contributed by atoms with Gasteiger partial charge in [-0.25, -0.2) is 17.9 Å². The normalized spacial score (nSPS) is 17.4. The molecule has 0 radical (unpaired) electrons. The lowest BCUT2D eigenvalue weighted by Gasteiger charge is -2.26. The van der Waals surface area contributed by atoms with Gasteiger partial charge in [0.25, 0.3) is 0 Å². The first-order chi connectivity index (χ1) is 13.5. The van der Waals surface area contributed by atoms with Crippen LogP contribution in [0.4, 0.5) is 0 Å². The van der Waals surface area contributed by atoms with Gasteiger partial charge in [-0.2, -0.15) is 9.40 Å². The number of ether oxygens (including phenoxy) is 1. The Morgan fingerprint density at radius 2 is 2.07 bits per heavy atom. The van der Waals surface area contributed by atoms with E-state index < -0.39 is 10.0 Å². The lowest BCUT2D eigenvalue weighted by Crippen LogP contribution is -2.34. The minimum absolute atomic E-state index is 0.341. The topological polar surface area (TPSA) is 76.8 Å². The Morgan fingerprint density at radius 3 is 2.89 bits per heavy atom. The second-order valence-electron chi connectivity index (χ2n) is 7.14. The van der Waals surface area contributed by atoms with Crippen molar-refractivity contribution in [2.45, 2.75) is 24.7 Å². The first kappa shape index (κ1) is 17.4. The Bertz CT molecular complexity index is 1210. The summed E-state index contributed by atoms with van der Waals surface area (Å²) in [5, 5.41) is 4.20. The minimum atomic E-state index is -3.52. The van der Waals surface area contributed by atoms with E-state index in [1.54, 1.807) is 22.7 Å². The summed E-state index contributed by atoms with van der Waals surface area (Å²) in [6.45, 7) is 3.47. The van der Waals surface area contributed by atoms with Gasteiger partial charge >= 0.3 is 0 Å². The summed E-state index contributed by atoms with van der Waals surface area (Å²) in [5.41, 5.74) is 5.11. The summed E-state index contributed by atoms with van der Waals surface area (Å²) in [7, 11) is -3.52. The summed E-state index contributed by atoms with van der Waals surface area (Å²) in [6, 6.07) is 7.15. The summed E-state index contributed by atoms with van der Waals surface area (Å²) < 4.78 is 34.9. The Hall–Kier alpha value is -2.71. The van der Waals surface area contributed by atoms with Crippen LogP contribution in [-0.2, 0) is 16.4 Å². The van der Waals surface area contributed by atoms with Crippen LogP contribution in [0.5, 0.6) is 5.75 Å². The van der Waals surface area contributed by atoms with E-state index in [2.05, 4.69) is 10.1 Å². The van der Waals surface area contributed by atoms with Gasteiger partial charge in [-0.05, 0) is 59.9 Å². The van der Waals surface area contributed by atoms with Crippen molar-refractivity contribution in [1.82, 2.24) is 18.9 Å². The molecule has 2 aliphatic rings. The molecule has 28 heavy (non-hydrogen) atoms. The highest BCUT2D eigenvalue weighted by molar-refractivity contribution is 7.89. The van der Waals surface area contributed by atoms with Gasteiger partial charge in [-0.15, -0.1) is 0 Å². The maximum atomic E-state index is 13.1. The number of hydrogen-bond donors (Lipinski definition) is 0. The summed E-state index contributed by atoms with van der Waals surface area (Å²) >= 11 is 0. The fourth-order valence-corrected chi connectivity index (χ4v) is 5.31. The molecule has 2 aromatic heterocycles. The molecule has 1 aromatic carbocycles. The van der Waals surface area contributed by atoms with Gasteiger partial charge in [0, 0.05) is 25.7 Å². The number of pyridine rings is 1. The Balaban J connectivity index is 1.42. The number of fused-ring (bicyclic) bond motifs is 2. The zero-order valence-corrected chi connectivity index (χ0v) is 16.3. The first-order valence-corrected chi connectivity index (χ1v) is 10.7. The maximum absolute atomic E-state index is 13.1. The Kier molecular flexibility index (Phi) is 3.99. The molecule has 0 fully saturated rings. The van der Waals surface area contributed by atoms with Crippen LogP contribution >= 0.6 is 0 Å². The fraction of sp³-hybridized carbons (Fsp3) is 0.300. The third kappa shape index (κ3) is 2.80. The van der Waals surface area contributed by atoms with Crippen molar-refractivity contribution in [3.05, 3.63) is 59.6 Å². The van der Waals surface area contributed by atoms with Crippen LogP contribution in [0, 0.1) is 6.92 Å². The molecule has 0 aliphatic carbocycles. The molecule has 4 heterocycles. The van der Waals surface area contributed by atoms with Gasteiger partial charge in [-0.3, -0.25) is 0 Å². The lowest BCUT2D eigenvalue weighted by atomic mass is 9.98. The highest BCUT2D eigenvalue weighted by Crippen LogP contribution is 2.31. The van der Waals surface area contributed by atoms with Crippen molar-refractivity contribution in [2.75, 3.05) is 19.7 Å². The molecule has 0 N–H and O–H groups in total. The number of hydrogen-bond acceptors (Lipinski definition) is 5. The molecule has 2 aliphatic heterocycles. The molecule has 0 bridgehead atoms.